The van der Waals surface area contributed by atoms with E-state index in [0.29, 0.717) is 28.2 Å². The van der Waals surface area contributed by atoms with E-state index in [-0.39, 0.29) is 11.7 Å². The molecule has 0 spiro atoms. The van der Waals surface area contributed by atoms with Crippen molar-refractivity contribution in [2.45, 2.75) is 0 Å². The van der Waals surface area contributed by atoms with Crippen molar-refractivity contribution < 1.29 is 9.59 Å². The van der Waals surface area contributed by atoms with Crippen LogP contribution < -0.4 is 5.32 Å². The Labute approximate surface area is 144 Å². The van der Waals surface area contributed by atoms with Crippen LogP contribution in [-0.4, -0.2) is 21.2 Å². The zero-order valence-corrected chi connectivity index (χ0v) is 13.4. The van der Waals surface area contributed by atoms with Crippen LogP contribution in [0.2, 0.25) is 0 Å². The van der Waals surface area contributed by atoms with Crippen LogP contribution in [-0.2, 0) is 7.05 Å². The van der Waals surface area contributed by atoms with Crippen LogP contribution >= 0.6 is 0 Å². The third-order valence-corrected chi connectivity index (χ3v) is 3.71. The lowest BCUT2D eigenvalue weighted by atomic mass is 10.1. The van der Waals surface area contributed by atoms with Crippen molar-refractivity contribution in [2.24, 2.45) is 7.05 Å². The van der Waals surface area contributed by atoms with Gasteiger partial charge in [0.15, 0.2) is 5.82 Å². The highest BCUT2D eigenvalue weighted by Crippen LogP contribution is 2.14. The zero-order chi connectivity index (χ0) is 17.8. The predicted octanol–water partition coefficient (Wildman–Crippen LogP) is 2.78. The Morgan fingerprint density at radius 3 is 2.24 bits per heavy atom. The van der Waals surface area contributed by atoms with Crippen molar-refractivity contribution in [3.8, 4) is 6.07 Å². The van der Waals surface area contributed by atoms with Crippen LogP contribution in [0.1, 0.15) is 32.1 Å². The van der Waals surface area contributed by atoms with Crippen molar-refractivity contribution in [1.82, 2.24) is 9.55 Å². The van der Waals surface area contributed by atoms with Gasteiger partial charge < -0.3 is 9.88 Å². The van der Waals surface area contributed by atoms with Gasteiger partial charge >= 0.3 is 0 Å². The van der Waals surface area contributed by atoms with Gasteiger partial charge in [0.05, 0.1) is 11.6 Å². The van der Waals surface area contributed by atoms with E-state index >= 15 is 0 Å². The van der Waals surface area contributed by atoms with Gasteiger partial charge in [-0.25, -0.2) is 4.98 Å². The lowest BCUT2D eigenvalue weighted by Crippen LogP contribution is -2.12. The summed E-state index contributed by atoms with van der Waals surface area (Å²) in [6, 6.07) is 15.0. The van der Waals surface area contributed by atoms with E-state index in [0.717, 1.165) is 0 Å². The van der Waals surface area contributed by atoms with Gasteiger partial charge in [-0.1, -0.05) is 0 Å². The summed E-state index contributed by atoms with van der Waals surface area (Å²) in [5.74, 6) is -0.112. The molecule has 0 radical (unpaired) electrons. The first-order valence-corrected chi connectivity index (χ1v) is 7.52. The van der Waals surface area contributed by atoms with Crippen molar-refractivity contribution in [3.63, 3.8) is 0 Å². The van der Waals surface area contributed by atoms with Gasteiger partial charge in [-0.05, 0) is 48.5 Å². The van der Waals surface area contributed by atoms with E-state index in [4.69, 9.17) is 5.26 Å². The normalized spacial score (nSPS) is 10.1. The van der Waals surface area contributed by atoms with Crippen LogP contribution in [0.25, 0.3) is 0 Å². The van der Waals surface area contributed by atoms with Crippen LogP contribution in [0.3, 0.4) is 0 Å². The number of imidazole rings is 1. The maximum Gasteiger partial charge on any atom is 0.255 e. The number of benzene rings is 2. The number of rotatable bonds is 4. The van der Waals surface area contributed by atoms with Crippen molar-refractivity contribution in [1.29, 1.82) is 5.26 Å². The fraction of sp³-hybridized carbons (Fsp3) is 0.0526. The molecule has 25 heavy (non-hydrogen) atoms. The van der Waals surface area contributed by atoms with Crippen molar-refractivity contribution in [2.75, 3.05) is 5.32 Å². The second-order valence-corrected chi connectivity index (χ2v) is 5.41. The molecule has 0 bridgehead atoms. The molecular weight excluding hydrogens is 316 g/mol. The Hall–Kier alpha value is -3.72. The topological polar surface area (TPSA) is 87.8 Å². The third-order valence-electron chi connectivity index (χ3n) is 3.71. The molecule has 1 amide bonds. The standard InChI is InChI=1S/C19H14N4O2/c1-23-11-10-21-18(23)17(24)14-6-8-16(9-7-14)22-19(25)15-4-2-13(12-20)3-5-15/h2-11H,1H3,(H,22,25). The Bertz CT molecular complexity index is 964. The summed E-state index contributed by atoms with van der Waals surface area (Å²) in [6.45, 7) is 0. The molecule has 1 N–H and O–H groups in total. The maximum atomic E-state index is 12.3. The number of aromatic nitrogens is 2. The summed E-state index contributed by atoms with van der Waals surface area (Å²) in [6.07, 6.45) is 3.28. The Balaban J connectivity index is 1.72. The monoisotopic (exact) mass is 330 g/mol. The summed E-state index contributed by atoms with van der Waals surface area (Å²) in [4.78, 5) is 28.6. The van der Waals surface area contributed by atoms with Gasteiger partial charge in [0.25, 0.3) is 5.91 Å². The first-order chi connectivity index (χ1) is 12.1. The van der Waals surface area contributed by atoms with Crippen LogP contribution in [0.4, 0.5) is 5.69 Å². The first kappa shape index (κ1) is 16.1. The summed E-state index contributed by atoms with van der Waals surface area (Å²) < 4.78 is 1.66. The van der Waals surface area contributed by atoms with E-state index in [2.05, 4.69) is 10.3 Å². The molecule has 3 aromatic rings. The number of carbonyl (C=O) groups is 2. The van der Waals surface area contributed by atoms with Crippen LogP contribution in [0.15, 0.2) is 60.9 Å². The second kappa shape index (κ2) is 6.81. The molecule has 3 rings (SSSR count). The van der Waals surface area contributed by atoms with Crippen LogP contribution in [0.5, 0.6) is 0 Å². The van der Waals surface area contributed by atoms with E-state index < -0.39 is 0 Å². The summed E-state index contributed by atoms with van der Waals surface area (Å²) in [5.41, 5.74) is 2.01. The Morgan fingerprint density at radius 2 is 1.68 bits per heavy atom. The average Bonchev–Trinajstić information content (AvgIpc) is 3.07. The summed E-state index contributed by atoms with van der Waals surface area (Å²) in [7, 11) is 1.76. The molecule has 6 heteroatoms. The molecule has 2 aromatic carbocycles. The molecule has 0 saturated heterocycles. The summed E-state index contributed by atoms with van der Waals surface area (Å²) in [5, 5.41) is 11.5. The molecule has 0 fully saturated rings. The number of carbonyl (C=O) groups excluding carboxylic acids is 2. The van der Waals surface area contributed by atoms with Crippen LogP contribution in [0, 0.1) is 11.3 Å². The minimum atomic E-state index is -0.285. The number of nitrogens with zero attached hydrogens (tertiary/aromatic N) is 3. The Kier molecular flexibility index (Phi) is 4.40. The molecule has 1 aromatic heterocycles. The number of amides is 1. The molecule has 0 aliphatic heterocycles. The average molecular weight is 330 g/mol. The van der Waals surface area contributed by atoms with Crippen molar-refractivity contribution in [3.05, 3.63) is 83.4 Å². The number of anilines is 1. The number of hydrogen-bond acceptors (Lipinski definition) is 4. The number of nitriles is 1. The van der Waals surface area contributed by atoms with E-state index in [1.165, 1.54) is 0 Å². The number of hydrogen-bond donors (Lipinski definition) is 1. The first-order valence-electron chi connectivity index (χ1n) is 7.52. The van der Waals surface area contributed by atoms with Crippen molar-refractivity contribution >= 4 is 17.4 Å². The fourth-order valence-corrected chi connectivity index (χ4v) is 2.32. The highest BCUT2D eigenvalue weighted by molar-refractivity contribution is 6.07. The van der Waals surface area contributed by atoms with Gasteiger partial charge in [0.1, 0.15) is 0 Å². The highest BCUT2D eigenvalue weighted by atomic mass is 16.1. The number of ketones is 1. The predicted molar refractivity (Wildman–Crippen MR) is 92.2 cm³/mol. The van der Waals surface area contributed by atoms with Gasteiger partial charge in [-0.2, -0.15) is 5.26 Å². The minimum absolute atomic E-state index is 0.183. The van der Waals surface area contributed by atoms with Gasteiger partial charge in [0.2, 0.25) is 5.78 Å². The SMILES string of the molecule is Cn1ccnc1C(=O)c1ccc(NC(=O)c2ccc(C#N)cc2)cc1. The number of nitrogens with one attached hydrogen (secondary N) is 1. The Morgan fingerprint density at radius 1 is 1.04 bits per heavy atom. The number of aryl methyl sites for hydroxylation is 1. The minimum Gasteiger partial charge on any atom is -0.331 e. The molecule has 0 unspecified atom stereocenters. The molecule has 0 saturated carbocycles. The van der Waals surface area contributed by atoms with E-state index in [9.17, 15) is 9.59 Å². The van der Waals surface area contributed by atoms with Gasteiger partial charge in [-0.3, -0.25) is 9.59 Å². The van der Waals surface area contributed by atoms with Gasteiger partial charge in [0, 0.05) is 36.3 Å². The third kappa shape index (κ3) is 3.46. The molecule has 122 valence electrons. The molecule has 6 nitrogen and oxygen atoms in total. The smallest absolute Gasteiger partial charge is 0.255 e. The van der Waals surface area contributed by atoms with E-state index in [1.54, 1.807) is 72.5 Å². The molecule has 0 aliphatic rings. The second-order valence-electron chi connectivity index (χ2n) is 5.41. The quantitative estimate of drug-likeness (QED) is 0.745. The highest BCUT2D eigenvalue weighted by Gasteiger charge is 2.14. The molecule has 0 atom stereocenters. The van der Waals surface area contributed by atoms with Gasteiger partial charge in [-0.15, -0.1) is 0 Å². The lowest BCUT2D eigenvalue weighted by molar-refractivity contribution is 0.102. The molecular formula is C19H14N4O2. The fourth-order valence-electron chi connectivity index (χ4n) is 2.32. The maximum absolute atomic E-state index is 12.3. The lowest BCUT2D eigenvalue weighted by Gasteiger charge is -2.07. The molecule has 0 aliphatic carbocycles. The largest absolute Gasteiger partial charge is 0.331 e. The molecule has 1 heterocycles. The van der Waals surface area contributed by atoms with E-state index in [1.807, 2.05) is 6.07 Å². The summed E-state index contributed by atoms with van der Waals surface area (Å²) >= 11 is 0. The zero-order valence-electron chi connectivity index (χ0n) is 13.4.